The number of ether oxygens (including phenoxy) is 4. The first kappa shape index (κ1) is 12.6. The monoisotopic (exact) mass is 228 g/mol. The Kier molecular flexibility index (Phi) is 3.95. The Labute approximate surface area is 94.6 Å². The summed E-state index contributed by atoms with van der Waals surface area (Å²) in [5, 5.41) is 0. The molecule has 0 aliphatic carbocycles. The molecule has 1 rings (SSSR count). The van der Waals surface area contributed by atoms with Gasteiger partial charge in [0.05, 0.1) is 13.2 Å². The van der Waals surface area contributed by atoms with Crippen LogP contribution in [0.15, 0.2) is 24.2 Å². The summed E-state index contributed by atoms with van der Waals surface area (Å²) >= 11 is 0. The summed E-state index contributed by atoms with van der Waals surface area (Å²) in [4.78, 5) is 11.6. The van der Waals surface area contributed by atoms with Crippen LogP contribution >= 0.6 is 0 Å². The van der Waals surface area contributed by atoms with Gasteiger partial charge in [0.15, 0.2) is 0 Å². The zero-order valence-corrected chi connectivity index (χ0v) is 9.74. The van der Waals surface area contributed by atoms with Crippen LogP contribution in [0.5, 0.6) is 0 Å². The first-order valence-corrected chi connectivity index (χ1v) is 5.07. The maximum atomic E-state index is 11.6. The largest absolute Gasteiger partial charge is 0.488 e. The molecule has 5 heteroatoms. The van der Waals surface area contributed by atoms with Crippen molar-refractivity contribution in [1.29, 1.82) is 0 Å². The normalized spacial score (nSPS) is 24.3. The maximum absolute atomic E-state index is 11.6. The highest BCUT2D eigenvalue weighted by Crippen LogP contribution is 2.35. The van der Waals surface area contributed by atoms with Crippen molar-refractivity contribution >= 4 is 5.97 Å². The minimum Gasteiger partial charge on any atom is -0.488 e. The lowest BCUT2D eigenvalue weighted by molar-refractivity contribution is -0.184. The van der Waals surface area contributed by atoms with Gasteiger partial charge in [0, 0.05) is 7.11 Å². The summed E-state index contributed by atoms with van der Waals surface area (Å²) in [5.74, 6) is -1.70. The fourth-order valence-corrected chi connectivity index (χ4v) is 1.41. The number of esters is 1. The van der Waals surface area contributed by atoms with Crippen molar-refractivity contribution in [3.63, 3.8) is 0 Å². The van der Waals surface area contributed by atoms with Crippen LogP contribution in [-0.2, 0) is 23.7 Å². The third-order valence-corrected chi connectivity index (χ3v) is 2.10. The van der Waals surface area contributed by atoms with Crippen LogP contribution in [0.1, 0.15) is 13.8 Å². The smallest absolute Gasteiger partial charge is 0.380 e. The lowest BCUT2D eigenvalue weighted by Crippen LogP contribution is -2.32. The molecule has 1 aliphatic rings. The van der Waals surface area contributed by atoms with E-state index in [1.807, 2.05) is 0 Å². The van der Waals surface area contributed by atoms with Crippen molar-refractivity contribution in [3.05, 3.63) is 24.2 Å². The van der Waals surface area contributed by atoms with Gasteiger partial charge in [0.25, 0.3) is 11.5 Å². The SMILES string of the molecule is C=CC1(OC)OC(=O)C(OCC)=C1OCC. The third-order valence-electron chi connectivity index (χ3n) is 2.10. The average molecular weight is 228 g/mol. The zero-order valence-electron chi connectivity index (χ0n) is 9.74. The Morgan fingerprint density at radius 1 is 1.38 bits per heavy atom. The van der Waals surface area contributed by atoms with Crippen LogP contribution < -0.4 is 0 Å². The van der Waals surface area contributed by atoms with E-state index in [1.165, 1.54) is 13.2 Å². The van der Waals surface area contributed by atoms with Gasteiger partial charge >= 0.3 is 5.97 Å². The van der Waals surface area contributed by atoms with Crippen molar-refractivity contribution in [2.75, 3.05) is 20.3 Å². The van der Waals surface area contributed by atoms with Gasteiger partial charge in [-0.25, -0.2) is 4.79 Å². The van der Waals surface area contributed by atoms with Crippen molar-refractivity contribution in [1.82, 2.24) is 0 Å². The number of cyclic esters (lactones) is 1. The van der Waals surface area contributed by atoms with Gasteiger partial charge in [0.2, 0.25) is 5.76 Å². The van der Waals surface area contributed by atoms with E-state index in [9.17, 15) is 4.79 Å². The molecule has 0 bridgehead atoms. The molecule has 90 valence electrons. The second-order valence-electron chi connectivity index (χ2n) is 2.99. The Morgan fingerprint density at radius 3 is 2.44 bits per heavy atom. The highest BCUT2D eigenvalue weighted by atomic mass is 16.7. The number of hydrogen-bond acceptors (Lipinski definition) is 5. The molecular formula is C11H16O5. The van der Waals surface area contributed by atoms with Gasteiger partial charge < -0.3 is 18.9 Å². The molecule has 0 saturated carbocycles. The number of methoxy groups -OCH3 is 1. The van der Waals surface area contributed by atoms with Crippen molar-refractivity contribution in [2.24, 2.45) is 0 Å². The maximum Gasteiger partial charge on any atom is 0.380 e. The van der Waals surface area contributed by atoms with E-state index < -0.39 is 11.8 Å². The standard InChI is InChI=1S/C11H16O5/c1-5-11(13-4)9(15-7-3)8(14-6-2)10(12)16-11/h5H,1,6-7H2,2-4H3. The van der Waals surface area contributed by atoms with Gasteiger partial charge in [-0.3, -0.25) is 0 Å². The molecule has 1 heterocycles. The van der Waals surface area contributed by atoms with Crippen LogP contribution in [0, 0.1) is 0 Å². The van der Waals surface area contributed by atoms with Crippen LogP contribution in [0.3, 0.4) is 0 Å². The van der Waals surface area contributed by atoms with E-state index in [-0.39, 0.29) is 11.5 Å². The quantitative estimate of drug-likeness (QED) is 0.507. The first-order chi connectivity index (χ1) is 7.65. The summed E-state index contributed by atoms with van der Waals surface area (Å²) in [6, 6.07) is 0. The molecule has 1 unspecified atom stereocenters. The van der Waals surface area contributed by atoms with Gasteiger partial charge in [0.1, 0.15) is 0 Å². The molecule has 0 aromatic carbocycles. The predicted octanol–water partition coefficient (Wildman–Crippen LogP) is 1.36. The third kappa shape index (κ3) is 1.90. The zero-order chi connectivity index (χ0) is 12.2. The molecule has 0 aromatic heterocycles. The van der Waals surface area contributed by atoms with Gasteiger partial charge in [-0.1, -0.05) is 6.58 Å². The number of hydrogen-bond donors (Lipinski definition) is 0. The van der Waals surface area contributed by atoms with E-state index >= 15 is 0 Å². The van der Waals surface area contributed by atoms with Gasteiger partial charge in [-0.15, -0.1) is 0 Å². The average Bonchev–Trinajstić information content (AvgIpc) is 2.55. The van der Waals surface area contributed by atoms with Crippen LogP contribution in [0.2, 0.25) is 0 Å². The molecule has 0 aromatic rings. The minimum absolute atomic E-state index is 0.0473. The second kappa shape index (κ2) is 5.03. The second-order valence-corrected chi connectivity index (χ2v) is 2.99. The number of carbonyl (C=O) groups is 1. The van der Waals surface area contributed by atoms with E-state index in [4.69, 9.17) is 18.9 Å². The number of rotatable bonds is 6. The van der Waals surface area contributed by atoms with Gasteiger partial charge in [-0.05, 0) is 19.9 Å². The highest BCUT2D eigenvalue weighted by molar-refractivity contribution is 5.90. The molecule has 0 amide bonds. The Balaban J connectivity index is 3.15. The molecule has 0 spiro atoms. The Hall–Kier alpha value is -1.49. The molecule has 5 nitrogen and oxygen atoms in total. The number of carbonyl (C=O) groups excluding carboxylic acids is 1. The molecule has 0 fully saturated rings. The van der Waals surface area contributed by atoms with E-state index in [1.54, 1.807) is 13.8 Å². The first-order valence-electron chi connectivity index (χ1n) is 5.07. The lowest BCUT2D eigenvalue weighted by atomic mass is 10.2. The topological polar surface area (TPSA) is 54.0 Å². The minimum atomic E-state index is -1.36. The molecule has 0 radical (unpaired) electrons. The summed E-state index contributed by atoms with van der Waals surface area (Å²) in [6.07, 6.45) is 1.36. The Bertz CT molecular complexity index is 320. The Morgan fingerprint density at radius 2 is 2.00 bits per heavy atom. The molecule has 0 N–H and O–H groups in total. The van der Waals surface area contributed by atoms with E-state index in [2.05, 4.69) is 6.58 Å². The van der Waals surface area contributed by atoms with Crippen molar-refractivity contribution in [3.8, 4) is 0 Å². The van der Waals surface area contributed by atoms with Crippen LogP contribution in [0.4, 0.5) is 0 Å². The van der Waals surface area contributed by atoms with Crippen LogP contribution in [-0.4, -0.2) is 32.1 Å². The molecule has 1 atom stereocenters. The fraction of sp³-hybridized carbons (Fsp3) is 0.545. The van der Waals surface area contributed by atoms with Crippen molar-refractivity contribution in [2.45, 2.75) is 19.6 Å². The summed E-state index contributed by atoms with van der Waals surface area (Å²) in [5.41, 5.74) is 0. The molecule has 1 aliphatic heterocycles. The van der Waals surface area contributed by atoms with E-state index in [0.717, 1.165) is 0 Å². The lowest BCUT2D eigenvalue weighted by Gasteiger charge is -2.24. The molecular weight excluding hydrogens is 212 g/mol. The summed E-state index contributed by atoms with van der Waals surface area (Å²) in [6.45, 7) is 7.86. The highest BCUT2D eigenvalue weighted by Gasteiger charge is 2.49. The summed E-state index contributed by atoms with van der Waals surface area (Å²) < 4.78 is 20.8. The molecule has 0 saturated heterocycles. The van der Waals surface area contributed by atoms with Crippen molar-refractivity contribution < 1.29 is 23.7 Å². The van der Waals surface area contributed by atoms with E-state index in [0.29, 0.717) is 13.2 Å². The fourth-order valence-electron chi connectivity index (χ4n) is 1.41. The van der Waals surface area contributed by atoms with Gasteiger partial charge in [-0.2, -0.15) is 0 Å². The van der Waals surface area contributed by atoms with Crippen LogP contribution in [0.25, 0.3) is 0 Å². The summed E-state index contributed by atoms with van der Waals surface area (Å²) in [7, 11) is 1.41. The predicted molar refractivity (Wildman–Crippen MR) is 56.3 cm³/mol. The molecule has 16 heavy (non-hydrogen) atoms.